The highest BCUT2D eigenvalue weighted by Crippen LogP contribution is 2.36. The third-order valence-electron chi connectivity index (χ3n) is 2.88. The van der Waals surface area contributed by atoms with Crippen molar-refractivity contribution in [2.45, 2.75) is 0 Å². The SMILES string of the molecule is Oc1cc(O)c2c(ccc3ccc(O)cc32)c1. The van der Waals surface area contributed by atoms with E-state index < -0.39 is 0 Å². The zero-order chi connectivity index (χ0) is 12.0. The van der Waals surface area contributed by atoms with Crippen LogP contribution in [0.15, 0.2) is 42.5 Å². The molecule has 0 aliphatic heterocycles. The molecule has 0 radical (unpaired) electrons. The minimum Gasteiger partial charge on any atom is -0.508 e. The van der Waals surface area contributed by atoms with E-state index in [1.807, 2.05) is 12.1 Å². The van der Waals surface area contributed by atoms with E-state index in [0.29, 0.717) is 5.39 Å². The maximum atomic E-state index is 9.90. The molecule has 0 aromatic heterocycles. The van der Waals surface area contributed by atoms with Gasteiger partial charge in [-0.2, -0.15) is 0 Å². The Hall–Kier alpha value is -2.42. The maximum absolute atomic E-state index is 9.90. The number of phenolic OH excluding ortho intramolecular Hbond substituents is 3. The average molecular weight is 226 g/mol. The molecule has 0 fully saturated rings. The normalized spacial score (nSPS) is 11.1. The summed E-state index contributed by atoms with van der Waals surface area (Å²) in [5.74, 6) is 0.183. The summed E-state index contributed by atoms with van der Waals surface area (Å²) in [6.45, 7) is 0. The summed E-state index contributed by atoms with van der Waals surface area (Å²) >= 11 is 0. The molecule has 0 aliphatic carbocycles. The lowest BCUT2D eigenvalue weighted by atomic mass is 10.0. The molecule has 0 aliphatic rings. The standard InChI is InChI=1S/C14H10O3/c15-10-4-3-8-1-2-9-5-11(16)7-13(17)14(9)12(8)6-10/h1-7,15-17H. The van der Waals surface area contributed by atoms with Crippen molar-refractivity contribution in [1.29, 1.82) is 0 Å². The maximum Gasteiger partial charge on any atom is 0.127 e. The topological polar surface area (TPSA) is 60.7 Å². The number of phenols is 3. The van der Waals surface area contributed by atoms with Crippen LogP contribution in [0.4, 0.5) is 0 Å². The van der Waals surface area contributed by atoms with Gasteiger partial charge in [-0.15, -0.1) is 0 Å². The van der Waals surface area contributed by atoms with E-state index in [-0.39, 0.29) is 17.2 Å². The number of hydrogen-bond donors (Lipinski definition) is 3. The van der Waals surface area contributed by atoms with Gasteiger partial charge in [0.25, 0.3) is 0 Å². The predicted molar refractivity (Wildman–Crippen MR) is 66.4 cm³/mol. The van der Waals surface area contributed by atoms with Gasteiger partial charge in [0.15, 0.2) is 0 Å². The Balaban J connectivity index is 2.58. The van der Waals surface area contributed by atoms with Gasteiger partial charge in [-0.3, -0.25) is 0 Å². The third-order valence-corrected chi connectivity index (χ3v) is 2.88. The van der Waals surface area contributed by atoms with E-state index in [4.69, 9.17) is 0 Å². The van der Waals surface area contributed by atoms with Gasteiger partial charge in [0.05, 0.1) is 0 Å². The van der Waals surface area contributed by atoms with Gasteiger partial charge >= 0.3 is 0 Å². The van der Waals surface area contributed by atoms with Crippen molar-refractivity contribution >= 4 is 21.5 Å². The Morgan fingerprint density at radius 2 is 1.35 bits per heavy atom. The minimum absolute atomic E-state index is 0.0104. The average Bonchev–Trinajstić information content (AvgIpc) is 2.27. The summed E-state index contributed by atoms with van der Waals surface area (Å²) in [4.78, 5) is 0. The van der Waals surface area contributed by atoms with Crippen LogP contribution in [0.25, 0.3) is 21.5 Å². The molecule has 3 aromatic carbocycles. The summed E-state index contributed by atoms with van der Waals surface area (Å²) in [5, 5.41) is 31.9. The quantitative estimate of drug-likeness (QED) is 0.516. The van der Waals surface area contributed by atoms with Gasteiger partial charge in [0.2, 0.25) is 0 Å². The van der Waals surface area contributed by atoms with Crippen LogP contribution < -0.4 is 0 Å². The van der Waals surface area contributed by atoms with E-state index in [1.54, 1.807) is 24.3 Å². The number of benzene rings is 3. The van der Waals surface area contributed by atoms with E-state index in [9.17, 15) is 15.3 Å². The molecule has 0 amide bonds. The first-order valence-electron chi connectivity index (χ1n) is 5.22. The van der Waals surface area contributed by atoms with E-state index in [1.165, 1.54) is 6.07 Å². The van der Waals surface area contributed by atoms with Gasteiger partial charge in [-0.1, -0.05) is 18.2 Å². The Labute approximate surface area is 97.2 Å². The molecule has 3 aromatic rings. The van der Waals surface area contributed by atoms with Gasteiger partial charge in [0, 0.05) is 11.5 Å². The van der Waals surface area contributed by atoms with Crippen LogP contribution in [-0.2, 0) is 0 Å². The van der Waals surface area contributed by atoms with E-state index >= 15 is 0 Å². The smallest absolute Gasteiger partial charge is 0.127 e. The van der Waals surface area contributed by atoms with Crippen LogP contribution in [-0.4, -0.2) is 15.3 Å². The number of rotatable bonds is 0. The first kappa shape index (κ1) is 9.78. The van der Waals surface area contributed by atoms with Crippen molar-refractivity contribution in [2.24, 2.45) is 0 Å². The highest BCUT2D eigenvalue weighted by atomic mass is 16.3. The molecule has 0 saturated carbocycles. The monoisotopic (exact) mass is 226 g/mol. The van der Waals surface area contributed by atoms with Crippen molar-refractivity contribution in [1.82, 2.24) is 0 Å². The predicted octanol–water partition coefficient (Wildman–Crippen LogP) is 3.11. The lowest BCUT2D eigenvalue weighted by molar-refractivity contribution is 0.455. The van der Waals surface area contributed by atoms with Crippen LogP contribution in [0, 0.1) is 0 Å². The van der Waals surface area contributed by atoms with Gasteiger partial charge in [-0.05, 0) is 34.4 Å². The van der Waals surface area contributed by atoms with Gasteiger partial charge in [-0.25, -0.2) is 0 Å². The van der Waals surface area contributed by atoms with Crippen molar-refractivity contribution in [2.75, 3.05) is 0 Å². The van der Waals surface area contributed by atoms with Crippen LogP contribution in [0.2, 0.25) is 0 Å². The summed E-state index contributed by atoms with van der Waals surface area (Å²) in [5.41, 5.74) is 0. The molecule has 0 atom stereocenters. The van der Waals surface area contributed by atoms with Gasteiger partial charge in [0.1, 0.15) is 17.2 Å². The largest absolute Gasteiger partial charge is 0.508 e. The van der Waals surface area contributed by atoms with Crippen LogP contribution in [0.3, 0.4) is 0 Å². The molecule has 0 spiro atoms. The fourth-order valence-corrected chi connectivity index (χ4v) is 2.14. The zero-order valence-corrected chi connectivity index (χ0v) is 8.88. The summed E-state index contributed by atoms with van der Waals surface area (Å²) in [6, 6.07) is 11.6. The Kier molecular flexibility index (Phi) is 1.89. The Morgan fingerprint density at radius 1 is 0.647 bits per heavy atom. The molecule has 3 rings (SSSR count). The third kappa shape index (κ3) is 1.44. The Bertz CT molecular complexity index is 732. The molecule has 3 heteroatoms. The summed E-state index contributed by atoms with van der Waals surface area (Å²) in [7, 11) is 0. The molecule has 84 valence electrons. The van der Waals surface area contributed by atoms with Crippen molar-refractivity contribution < 1.29 is 15.3 Å². The van der Waals surface area contributed by atoms with E-state index in [2.05, 4.69) is 0 Å². The lowest BCUT2D eigenvalue weighted by Crippen LogP contribution is -1.79. The molecule has 3 nitrogen and oxygen atoms in total. The fourth-order valence-electron chi connectivity index (χ4n) is 2.14. The van der Waals surface area contributed by atoms with E-state index in [0.717, 1.165) is 16.2 Å². The number of aromatic hydroxyl groups is 3. The first-order chi connectivity index (χ1) is 8.15. The molecule has 0 saturated heterocycles. The zero-order valence-electron chi connectivity index (χ0n) is 8.88. The second-order valence-electron chi connectivity index (χ2n) is 4.03. The number of fused-ring (bicyclic) bond motifs is 3. The van der Waals surface area contributed by atoms with Gasteiger partial charge < -0.3 is 15.3 Å². The second kappa shape index (κ2) is 3.28. The molecule has 0 bridgehead atoms. The summed E-state index contributed by atoms with van der Waals surface area (Å²) < 4.78 is 0. The second-order valence-corrected chi connectivity index (χ2v) is 4.03. The highest BCUT2D eigenvalue weighted by molar-refractivity contribution is 6.11. The molecule has 3 N–H and O–H groups in total. The molecular formula is C14H10O3. The van der Waals surface area contributed by atoms with Crippen LogP contribution in [0.1, 0.15) is 0 Å². The molecule has 0 heterocycles. The summed E-state index contributed by atoms with van der Waals surface area (Å²) in [6.07, 6.45) is 0. The fraction of sp³-hybridized carbons (Fsp3) is 0. The molecular weight excluding hydrogens is 216 g/mol. The van der Waals surface area contributed by atoms with Crippen LogP contribution in [0.5, 0.6) is 17.2 Å². The highest BCUT2D eigenvalue weighted by Gasteiger charge is 2.07. The minimum atomic E-state index is 0.0104. The lowest BCUT2D eigenvalue weighted by Gasteiger charge is -2.07. The van der Waals surface area contributed by atoms with Crippen molar-refractivity contribution in [3.8, 4) is 17.2 Å². The van der Waals surface area contributed by atoms with Crippen molar-refractivity contribution in [3.63, 3.8) is 0 Å². The number of hydrogen-bond acceptors (Lipinski definition) is 3. The van der Waals surface area contributed by atoms with Crippen molar-refractivity contribution in [3.05, 3.63) is 42.5 Å². The molecule has 17 heavy (non-hydrogen) atoms. The molecule has 0 unspecified atom stereocenters. The Morgan fingerprint density at radius 3 is 2.18 bits per heavy atom. The van der Waals surface area contributed by atoms with Crippen LogP contribution >= 0.6 is 0 Å². The first-order valence-corrected chi connectivity index (χ1v) is 5.22.